The molecular formula is C32H56O4. The van der Waals surface area contributed by atoms with Gasteiger partial charge in [0, 0.05) is 12.2 Å². The zero-order chi connectivity index (χ0) is 26.3. The minimum Gasteiger partial charge on any atom is -0.456 e. The number of carbonyl (C=O) groups excluding carboxylic acids is 2. The van der Waals surface area contributed by atoms with E-state index in [2.05, 4.69) is 27.7 Å². The van der Waals surface area contributed by atoms with Crippen LogP contribution < -0.4 is 0 Å². The summed E-state index contributed by atoms with van der Waals surface area (Å²) in [6.07, 6.45) is 24.7. The van der Waals surface area contributed by atoms with E-state index in [1.54, 1.807) is 0 Å². The van der Waals surface area contributed by atoms with E-state index in [9.17, 15) is 9.59 Å². The molecule has 0 aromatic carbocycles. The molecule has 2 aliphatic rings. The highest BCUT2D eigenvalue weighted by Crippen LogP contribution is 2.40. The molecule has 0 aromatic heterocycles. The van der Waals surface area contributed by atoms with Crippen molar-refractivity contribution in [3.05, 3.63) is 12.2 Å². The molecule has 0 spiro atoms. The second-order valence-electron chi connectivity index (χ2n) is 11.9. The maximum absolute atomic E-state index is 12.9. The third-order valence-corrected chi connectivity index (χ3v) is 8.93. The van der Waals surface area contributed by atoms with Crippen LogP contribution in [0.2, 0.25) is 0 Å². The van der Waals surface area contributed by atoms with Crippen LogP contribution in [0, 0.1) is 11.8 Å². The number of ether oxygens (including phenoxy) is 2. The van der Waals surface area contributed by atoms with E-state index in [0.717, 1.165) is 77.0 Å². The molecule has 36 heavy (non-hydrogen) atoms. The van der Waals surface area contributed by atoms with Gasteiger partial charge in [0.05, 0.1) is 0 Å². The average molecular weight is 505 g/mol. The van der Waals surface area contributed by atoms with Gasteiger partial charge >= 0.3 is 11.9 Å². The van der Waals surface area contributed by atoms with Crippen molar-refractivity contribution in [3.63, 3.8) is 0 Å². The molecule has 0 radical (unpaired) electrons. The molecule has 0 aromatic rings. The van der Waals surface area contributed by atoms with E-state index < -0.39 is 0 Å². The molecule has 0 heterocycles. The molecule has 2 atom stereocenters. The fraction of sp³-hybridized carbons (Fsp3) is 0.875. The lowest BCUT2D eigenvalue weighted by atomic mass is 9.76. The van der Waals surface area contributed by atoms with Crippen LogP contribution >= 0.6 is 0 Å². The first kappa shape index (κ1) is 30.9. The fourth-order valence-electron chi connectivity index (χ4n) is 6.66. The first-order valence-electron chi connectivity index (χ1n) is 15.5. The molecule has 0 bridgehead atoms. The van der Waals surface area contributed by atoms with Gasteiger partial charge in [-0.2, -0.15) is 0 Å². The van der Waals surface area contributed by atoms with E-state index in [0.29, 0.717) is 11.8 Å². The van der Waals surface area contributed by atoms with Gasteiger partial charge in [-0.3, -0.25) is 0 Å². The number of hydrogen-bond donors (Lipinski definition) is 0. The van der Waals surface area contributed by atoms with E-state index in [1.807, 2.05) is 0 Å². The Labute approximate surface area is 222 Å². The predicted molar refractivity (Wildman–Crippen MR) is 149 cm³/mol. The van der Waals surface area contributed by atoms with Crippen molar-refractivity contribution in [2.75, 3.05) is 0 Å². The number of esters is 2. The largest absolute Gasteiger partial charge is 0.456 e. The lowest BCUT2D eigenvalue weighted by Crippen LogP contribution is -2.39. The Kier molecular flexibility index (Phi) is 14.2. The van der Waals surface area contributed by atoms with Crippen molar-refractivity contribution in [1.82, 2.24) is 0 Å². The minimum atomic E-state index is -0.383. The molecule has 208 valence electrons. The monoisotopic (exact) mass is 504 g/mol. The van der Waals surface area contributed by atoms with Crippen LogP contribution in [0.25, 0.3) is 0 Å². The second-order valence-corrected chi connectivity index (χ2v) is 11.9. The highest BCUT2D eigenvalue weighted by Gasteiger charge is 2.39. The highest BCUT2D eigenvalue weighted by atomic mass is 16.6. The van der Waals surface area contributed by atoms with E-state index in [1.165, 1.54) is 63.5 Å². The van der Waals surface area contributed by atoms with Gasteiger partial charge in [-0.05, 0) is 76.0 Å². The molecule has 2 fully saturated rings. The molecule has 2 rings (SSSR count). The quantitative estimate of drug-likeness (QED) is 0.155. The number of unbranched alkanes of at least 4 members (excludes halogenated alkanes) is 2. The lowest BCUT2D eigenvalue weighted by molar-refractivity contribution is -0.162. The maximum atomic E-state index is 12.9. The molecule has 4 heteroatoms. The molecule has 0 N–H and O–H groups in total. The first-order chi connectivity index (χ1) is 17.4. The normalized spacial score (nSPS) is 21.1. The predicted octanol–water partition coefficient (Wildman–Crippen LogP) is 9.25. The summed E-state index contributed by atoms with van der Waals surface area (Å²) in [6.45, 7) is 8.97. The Balaban J connectivity index is 2.00. The van der Waals surface area contributed by atoms with Crippen LogP contribution in [0.4, 0.5) is 0 Å². The number of carbonyl (C=O) groups is 2. The van der Waals surface area contributed by atoms with Gasteiger partial charge in [-0.25, -0.2) is 9.59 Å². The van der Waals surface area contributed by atoms with E-state index >= 15 is 0 Å². The summed E-state index contributed by atoms with van der Waals surface area (Å²) in [5.41, 5.74) is -0.730. The van der Waals surface area contributed by atoms with Crippen LogP contribution in [0.5, 0.6) is 0 Å². The minimum absolute atomic E-state index is 0.365. The maximum Gasteiger partial charge on any atom is 0.331 e. The standard InChI is InChI=1S/C32H56O4/c1-5-9-17-27(7-3)25-31(21-13-11-14-22-31)35-29(33)19-20-30(34)36-32(23-15-12-16-24-32)26-28(8-4)18-10-6-2/h19-20,27-28H,5-18,21-26H2,1-4H3/b20-19+. The summed E-state index contributed by atoms with van der Waals surface area (Å²) in [7, 11) is 0. The highest BCUT2D eigenvalue weighted by molar-refractivity contribution is 5.92. The molecule has 2 saturated carbocycles. The second kappa shape index (κ2) is 16.5. The Hall–Kier alpha value is -1.32. The van der Waals surface area contributed by atoms with Gasteiger partial charge < -0.3 is 9.47 Å². The Morgan fingerprint density at radius 3 is 1.31 bits per heavy atom. The van der Waals surface area contributed by atoms with Crippen LogP contribution in [0.1, 0.15) is 156 Å². The van der Waals surface area contributed by atoms with Crippen LogP contribution in [0.15, 0.2) is 12.2 Å². The molecule has 4 nitrogen and oxygen atoms in total. The molecule has 0 aliphatic heterocycles. The average Bonchev–Trinajstić information content (AvgIpc) is 2.88. The van der Waals surface area contributed by atoms with Crippen molar-refractivity contribution in [3.8, 4) is 0 Å². The fourth-order valence-corrected chi connectivity index (χ4v) is 6.66. The topological polar surface area (TPSA) is 52.6 Å². The Morgan fingerprint density at radius 1 is 0.639 bits per heavy atom. The molecule has 2 aliphatic carbocycles. The van der Waals surface area contributed by atoms with Crippen molar-refractivity contribution < 1.29 is 19.1 Å². The van der Waals surface area contributed by atoms with Crippen molar-refractivity contribution in [2.45, 2.75) is 167 Å². The Bertz CT molecular complexity index is 599. The van der Waals surface area contributed by atoms with Gasteiger partial charge in [0.1, 0.15) is 11.2 Å². The summed E-state index contributed by atoms with van der Waals surface area (Å²) >= 11 is 0. The molecule has 0 saturated heterocycles. The van der Waals surface area contributed by atoms with Crippen LogP contribution in [0.3, 0.4) is 0 Å². The molecule has 2 unspecified atom stereocenters. The van der Waals surface area contributed by atoms with Crippen LogP contribution in [-0.4, -0.2) is 23.1 Å². The van der Waals surface area contributed by atoms with Crippen molar-refractivity contribution in [2.24, 2.45) is 11.8 Å². The summed E-state index contributed by atoms with van der Waals surface area (Å²) < 4.78 is 12.3. The van der Waals surface area contributed by atoms with Gasteiger partial charge in [0.15, 0.2) is 0 Å². The van der Waals surface area contributed by atoms with Gasteiger partial charge in [-0.1, -0.05) is 91.9 Å². The molecular weight excluding hydrogens is 448 g/mol. The van der Waals surface area contributed by atoms with Crippen molar-refractivity contribution >= 4 is 11.9 Å². The SMILES string of the molecule is CCCCC(CC)CC1(OC(=O)/C=C/C(=O)OC2(CC(CC)CCCC)CCCCC2)CCCCC1. The summed E-state index contributed by atoms with van der Waals surface area (Å²) in [6, 6.07) is 0. The molecule has 0 amide bonds. The smallest absolute Gasteiger partial charge is 0.331 e. The van der Waals surface area contributed by atoms with Gasteiger partial charge in [0.25, 0.3) is 0 Å². The number of hydrogen-bond acceptors (Lipinski definition) is 4. The van der Waals surface area contributed by atoms with Gasteiger partial charge in [-0.15, -0.1) is 0 Å². The zero-order valence-corrected chi connectivity index (χ0v) is 24.1. The summed E-state index contributed by atoms with van der Waals surface area (Å²) in [5, 5.41) is 0. The van der Waals surface area contributed by atoms with Crippen molar-refractivity contribution in [1.29, 1.82) is 0 Å². The third-order valence-electron chi connectivity index (χ3n) is 8.93. The summed E-state index contributed by atoms with van der Waals surface area (Å²) in [5.74, 6) is 0.419. The third kappa shape index (κ3) is 10.6. The van der Waals surface area contributed by atoms with E-state index in [-0.39, 0.29) is 23.1 Å². The summed E-state index contributed by atoms with van der Waals surface area (Å²) in [4.78, 5) is 25.8. The van der Waals surface area contributed by atoms with Gasteiger partial charge in [0.2, 0.25) is 0 Å². The van der Waals surface area contributed by atoms with Crippen LogP contribution in [-0.2, 0) is 19.1 Å². The number of rotatable bonds is 16. The van der Waals surface area contributed by atoms with E-state index in [4.69, 9.17) is 9.47 Å². The lowest BCUT2D eigenvalue weighted by Gasteiger charge is -2.39. The Morgan fingerprint density at radius 2 is 1.00 bits per heavy atom. The first-order valence-corrected chi connectivity index (χ1v) is 15.5. The zero-order valence-electron chi connectivity index (χ0n) is 24.1.